The van der Waals surface area contributed by atoms with Gasteiger partial charge in [0.2, 0.25) is 0 Å². The molecule has 1 N–H and O–H groups in total. The Labute approximate surface area is 70.1 Å². The Kier molecular flexibility index (Phi) is 5.22. The SMILES string of the molecule is CCC(C)CC=C(C)C(C)O. The van der Waals surface area contributed by atoms with Crippen LogP contribution in [0.25, 0.3) is 0 Å². The maximum atomic E-state index is 9.14. The zero-order chi connectivity index (χ0) is 8.85. The van der Waals surface area contributed by atoms with E-state index in [1.165, 1.54) is 6.42 Å². The van der Waals surface area contributed by atoms with Gasteiger partial charge in [0, 0.05) is 0 Å². The maximum Gasteiger partial charge on any atom is 0.0719 e. The summed E-state index contributed by atoms with van der Waals surface area (Å²) in [6.07, 6.45) is 4.16. The minimum atomic E-state index is -0.279. The van der Waals surface area contributed by atoms with Crippen molar-refractivity contribution in [2.75, 3.05) is 0 Å². The topological polar surface area (TPSA) is 20.2 Å². The van der Waals surface area contributed by atoms with Gasteiger partial charge in [-0.2, -0.15) is 0 Å². The summed E-state index contributed by atoms with van der Waals surface area (Å²) >= 11 is 0. The average Bonchev–Trinajstić information content (AvgIpc) is 1.99. The highest BCUT2D eigenvalue weighted by atomic mass is 16.3. The second-order valence-electron chi connectivity index (χ2n) is 3.37. The third kappa shape index (κ3) is 5.02. The molecule has 0 amide bonds. The van der Waals surface area contributed by atoms with E-state index in [1.807, 2.05) is 13.8 Å². The number of allylic oxidation sites excluding steroid dienone is 1. The Morgan fingerprint density at radius 2 is 2.00 bits per heavy atom. The normalized spacial score (nSPS) is 18.1. The minimum absolute atomic E-state index is 0.279. The molecule has 0 fully saturated rings. The molecule has 66 valence electrons. The molecule has 0 aliphatic carbocycles. The van der Waals surface area contributed by atoms with Gasteiger partial charge in [0.15, 0.2) is 0 Å². The van der Waals surface area contributed by atoms with E-state index in [0.717, 1.165) is 17.9 Å². The van der Waals surface area contributed by atoms with Crippen molar-refractivity contribution in [3.8, 4) is 0 Å². The van der Waals surface area contributed by atoms with Crippen molar-refractivity contribution >= 4 is 0 Å². The van der Waals surface area contributed by atoms with Gasteiger partial charge in [0.25, 0.3) is 0 Å². The van der Waals surface area contributed by atoms with Crippen LogP contribution in [0, 0.1) is 5.92 Å². The van der Waals surface area contributed by atoms with Crippen molar-refractivity contribution in [3.63, 3.8) is 0 Å². The van der Waals surface area contributed by atoms with Crippen LogP contribution >= 0.6 is 0 Å². The molecular formula is C10H20O. The first-order chi connectivity index (χ1) is 5.07. The average molecular weight is 156 g/mol. The number of hydrogen-bond acceptors (Lipinski definition) is 1. The first-order valence-corrected chi connectivity index (χ1v) is 4.42. The molecule has 1 heteroatoms. The highest BCUT2D eigenvalue weighted by Crippen LogP contribution is 2.10. The van der Waals surface area contributed by atoms with Crippen LogP contribution in [0.5, 0.6) is 0 Å². The van der Waals surface area contributed by atoms with Crippen LogP contribution in [0.3, 0.4) is 0 Å². The van der Waals surface area contributed by atoms with E-state index in [4.69, 9.17) is 5.11 Å². The molecule has 0 aromatic heterocycles. The summed E-state index contributed by atoms with van der Waals surface area (Å²) in [5.74, 6) is 0.740. The first-order valence-electron chi connectivity index (χ1n) is 4.42. The van der Waals surface area contributed by atoms with Crippen LogP contribution in [-0.4, -0.2) is 11.2 Å². The zero-order valence-electron chi connectivity index (χ0n) is 8.09. The fraction of sp³-hybridized carbons (Fsp3) is 0.800. The predicted octanol–water partition coefficient (Wildman–Crippen LogP) is 2.75. The van der Waals surface area contributed by atoms with Gasteiger partial charge < -0.3 is 5.11 Å². The smallest absolute Gasteiger partial charge is 0.0719 e. The van der Waals surface area contributed by atoms with Crippen molar-refractivity contribution in [1.29, 1.82) is 0 Å². The fourth-order valence-electron chi connectivity index (χ4n) is 0.724. The third-order valence-electron chi connectivity index (χ3n) is 2.20. The molecule has 11 heavy (non-hydrogen) atoms. The quantitative estimate of drug-likeness (QED) is 0.620. The lowest BCUT2D eigenvalue weighted by atomic mass is 10.0. The van der Waals surface area contributed by atoms with E-state index in [-0.39, 0.29) is 6.10 Å². The lowest BCUT2D eigenvalue weighted by Gasteiger charge is -2.07. The molecule has 1 nitrogen and oxygen atoms in total. The Morgan fingerprint density at radius 1 is 1.45 bits per heavy atom. The molecule has 0 aromatic carbocycles. The molecule has 0 saturated heterocycles. The fourth-order valence-corrected chi connectivity index (χ4v) is 0.724. The Bertz CT molecular complexity index is 125. The number of hydrogen-bond donors (Lipinski definition) is 1. The largest absolute Gasteiger partial charge is 0.389 e. The minimum Gasteiger partial charge on any atom is -0.389 e. The van der Waals surface area contributed by atoms with E-state index in [2.05, 4.69) is 19.9 Å². The van der Waals surface area contributed by atoms with Crippen molar-refractivity contribution in [2.24, 2.45) is 5.92 Å². The Hall–Kier alpha value is -0.300. The summed E-state index contributed by atoms with van der Waals surface area (Å²) in [6.45, 7) is 8.21. The van der Waals surface area contributed by atoms with Crippen LogP contribution in [0.15, 0.2) is 11.6 Å². The van der Waals surface area contributed by atoms with Crippen LogP contribution in [0.1, 0.15) is 40.5 Å². The molecule has 0 rings (SSSR count). The van der Waals surface area contributed by atoms with Gasteiger partial charge in [-0.3, -0.25) is 0 Å². The van der Waals surface area contributed by atoms with Gasteiger partial charge in [0.05, 0.1) is 6.10 Å². The molecule has 2 unspecified atom stereocenters. The van der Waals surface area contributed by atoms with E-state index in [9.17, 15) is 0 Å². The number of rotatable bonds is 4. The summed E-state index contributed by atoms with van der Waals surface area (Å²) in [6, 6.07) is 0. The zero-order valence-corrected chi connectivity index (χ0v) is 8.09. The number of aliphatic hydroxyl groups is 1. The van der Waals surface area contributed by atoms with Crippen molar-refractivity contribution in [2.45, 2.75) is 46.6 Å². The van der Waals surface area contributed by atoms with Crippen molar-refractivity contribution in [1.82, 2.24) is 0 Å². The van der Waals surface area contributed by atoms with Gasteiger partial charge in [-0.1, -0.05) is 26.3 Å². The summed E-state index contributed by atoms with van der Waals surface area (Å²) < 4.78 is 0. The Morgan fingerprint density at radius 3 is 2.36 bits per heavy atom. The molecule has 0 bridgehead atoms. The van der Waals surface area contributed by atoms with Crippen LogP contribution in [-0.2, 0) is 0 Å². The van der Waals surface area contributed by atoms with Gasteiger partial charge in [-0.15, -0.1) is 0 Å². The second-order valence-corrected chi connectivity index (χ2v) is 3.37. The van der Waals surface area contributed by atoms with Crippen LogP contribution in [0.2, 0.25) is 0 Å². The highest BCUT2D eigenvalue weighted by Gasteiger charge is 1.99. The molecule has 0 saturated carbocycles. The first kappa shape index (κ1) is 10.7. The van der Waals surface area contributed by atoms with E-state index < -0.39 is 0 Å². The summed E-state index contributed by atoms with van der Waals surface area (Å²) in [5, 5.41) is 9.14. The van der Waals surface area contributed by atoms with Crippen LogP contribution < -0.4 is 0 Å². The molecular weight excluding hydrogens is 136 g/mol. The van der Waals surface area contributed by atoms with E-state index in [0.29, 0.717) is 0 Å². The summed E-state index contributed by atoms with van der Waals surface area (Å²) in [7, 11) is 0. The highest BCUT2D eigenvalue weighted by molar-refractivity contribution is 5.02. The summed E-state index contributed by atoms with van der Waals surface area (Å²) in [5.41, 5.74) is 1.09. The molecule has 0 aromatic rings. The van der Waals surface area contributed by atoms with Gasteiger partial charge in [-0.05, 0) is 31.8 Å². The predicted molar refractivity (Wildman–Crippen MR) is 49.5 cm³/mol. The van der Waals surface area contributed by atoms with E-state index >= 15 is 0 Å². The lowest BCUT2D eigenvalue weighted by Crippen LogP contribution is -2.01. The maximum absolute atomic E-state index is 9.14. The van der Waals surface area contributed by atoms with Crippen molar-refractivity contribution in [3.05, 3.63) is 11.6 Å². The molecule has 0 spiro atoms. The van der Waals surface area contributed by atoms with Gasteiger partial charge in [0.1, 0.15) is 0 Å². The lowest BCUT2D eigenvalue weighted by molar-refractivity contribution is 0.231. The molecule has 0 aliphatic heterocycles. The monoisotopic (exact) mass is 156 g/mol. The standard InChI is InChI=1S/C10H20O/c1-5-8(2)6-7-9(3)10(4)11/h7-8,10-11H,5-6H2,1-4H3. The number of aliphatic hydroxyl groups excluding tert-OH is 1. The third-order valence-corrected chi connectivity index (χ3v) is 2.20. The van der Waals surface area contributed by atoms with Gasteiger partial charge in [-0.25, -0.2) is 0 Å². The van der Waals surface area contributed by atoms with Gasteiger partial charge >= 0.3 is 0 Å². The molecule has 0 radical (unpaired) electrons. The second kappa shape index (κ2) is 5.36. The molecule has 2 atom stereocenters. The Balaban J connectivity index is 3.72. The van der Waals surface area contributed by atoms with Crippen molar-refractivity contribution < 1.29 is 5.11 Å². The van der Waals surface area contributed by atoms with E-state index in [1.54, 1.807) is 0 Å². The molecule has 0 aliphatic rings. The van der Waals surface area contributed by atoms with Crippen LogP contribution in [0.4, 0.5) is 0 Å². The molecule has 0 heterocycles. The summed E-state index contributed by atoms with van der Waals surface area (Å²) in [4.78, 5) is 0.